The smallest absolute Gasteiger partial charge is 0.134 e. The number of hydrogen-bond donors (Lipinski definition) is 1. The van der Waals surface area contributed by atoms with Gasteiger partial charge in [0.05, 0.1) is 10.0 Å². The van der Waals surface area contributed by atoms with Crippen LogP contribution in [0.1, 0.15) is 10.4 Å². The molecule has 2 aromatic heterocycles. The number of hydrogen-bond acceptors (Lipinski definition) is 3. The number of fused-ring (bicyclic) bond motifs is 1. The first-order valence-corrected chi connectivity index (χ1v) is 7.34. The number of para-hydroxylation sites is 1. The van der Waals surface area contributed by atoms with Gasteiger partial charge >= 0.3 is 0 Å². The molecule has 0 fully saturated rings. The Labute approximate surface area is 118 Å². The highest BCUT2D eigenvalue weighted by Crippen LogP contribution is 2.23. The largest absolute Gasteiger partial charge is 0.464 e. The van der Waals surface area contributed by atoms with Crippen LogP contribution in [-0.2, 0) is 13.1 Å². The van der Waals surface area contributed by atoms with Crippen LogP contribution in [0.5, 0.6) is 0 Å². The molecule has 1 N–H and O–H groups in total. The minimum absolute atomic E-state index is 0.826. The minimum atomic E-state index is 0.826. The van der Waals surface area contributed by atoms with Crippen LogP contribution in [0.15, 0.2) is 50.9 Å². The standard InChI is InChI=1S/C14H12BrNOS/c15-14-6-5-11(18-14)8-16-7-10-9-17-13-4-2-1-3-12(10)13/h1-6,9,16H,7-8H2. The lowest BCUT2D eigenvalue weighted by Crippen LogP contribution is -2.11. The van der Waals surface area contributed by atoms with Crippen molar-refractivity contribution in [3.05, 3.63) is 56.9 Å². The lowest BCUT2D eigenvalue weighted by atomic mass is 10.2. The number of rotatable bonds is 4. The van der Waals surface area contributed by atoms with Crippen LogP contribution in [0.2, 0.25) is 0 Å². The van der Waals surface area contributed by atoms with Gasteiger partial charge in [-0.25, -0.2) is 0 Å². The second-order valence-electron chi connectivity index (χ2n) is 4.07. The molecule has 4 heteroatoms. The summed E-state index contributed by atoms with van der Waals surface area (Å²) in [6, 6.07) is 12.3. The fraction of sp³-hybridized carbons (Fsp3) is 0.143. The highest BCUT2D eigenvalue weighted by atomic mass is 79.9. The summed E-state index contributed by atoms with van der Waals surface area (Å²) >= 11 is 5.23. The Kier molecular flexibility index (Phi) is 3.50. The van der Waals surface area contributed by atoms with Gasteiger partial charge in [0.15, 0.2) is 0 Å². The van der Waals surface area contributed by atoms with E-state index >= 15 is 0 Å². The third kappa shape index (κ3) is 2.51. The summed E-state index contributed by atoms with van der Waals surface area (Å²) in [6.07, 6.45) is 1.84. The van der Waals surface area contributed by atoms with Crippen molar-refractivity contribution in [2.75, 3.05) is 0 Å². The quantitative estimate of drug-likeness (QED) is 0.762. The van der Waals surface area contributed by atoms with Crippen molar-refractivity contribution >= 4 is 38.2 Å². The second kappa shape index (κ2) is 5.26. The molecule has 0 atom stereocenters. The maximum absolute atomic E-state index is 5.51. The molecule has 92 valence electrons. The molecule has 18 heavy (non-hydrogen) atoms. The molecular weight excluding hydrogens is 310 g/mol. The van der Waals surface area contributed by atoms with E-state index in [4.69, 9.17) is 4.42 Å². The number of halogens is 1. The summed E-state index contributed by atoms with van der Waals surface area (Å²) in [7, 11) is 0. The van der Waals surface area contributed by atoms with Crippen molar-refractivity contribution in [3.63, 3.8) is 0 Å². The summed E-state index contributed by atoms with van der Waals surface area (Å²) in [6.45, 7) is 1.71. The van der Waals surface area contributed by atoms with E-state index in [-0.39, 0.29) is 0 Å². The van der Waals surface area contributed by atoms with Crippen molar-refractivity contribution in [2.24, 2.45) is 0 Å². The lowest BCUT2D eigenvalue weighted by Gasteiger charge is -2.01. The first kappa shape index (κ1) is 12.0. The molecular formula is C14H12BrNOS. The third-order valence-electron chi connectivity index (χ3n) is 2.80. The minimum Gasteiger partial charge on any atom is -0.464 e. The maximum Gasteiger partial charge on any atom is 0.134 e. The predicted molar refractivity (Wildman–Crippen MR) is 78.8 cm³/mol. The summed E-state index contributed by atoms with van der Waals surface area (Å²) in [5.41, 5.74) is 2.16. The van der Waals surface area contributed by atoms with E-state index in [1.807, 2.05) is 24.5 Å². The maximum atomic E-state index is 5.51. The van der Waals surface area contributed by atoms with Gasteiger partial charge in [-0.1, -0.05) is 18.2 Å². The molecule has 2 heterocycles. The molecule has 0 radical (unpaired) electrons. The summed E-state index contributed by atoms with van der Waals surface area (Å²) in [5, 5.41) is 4.63. The fourth-order valence-corrected chi connectivity index (χ4v) is 3.39. The Morgan fingerprint density at radius 3 is 2.83 bits per heavy atom. The van der Waals surface area contributed by atoms with Crippen molar-refractivity contribution in [3.8, 4) is 0 Å². The van der Waals surface area contributed by atoms with Gasteiger partial charge < -0.3 is 9.73 Å². The SMILES string of the molecule is Brc1ccc(CNCc2coc3ccccc23)s1. The Balaban J connectivity index is 1.66. The first-order valence-electron chi connectivity index (χ1n) is 5.73. The predicted octanol–water partition coefficient (Wildman–Crippen LogP) is 4.55. The van der Waals surface area contributed by atoms with E-state index in [1.54, 1.807) is 11.3 Å². The molecule has 0 aliphatic carbocycles. The molecule has 0 saturated carbocycles. The molecule has 3 aromatic rings. The zero-order valence-corrected chi connectivity index (χ0v) is 12.1. The Morgan fingerprint density at radius 1 is 1.11 bits per heavy atom. The Hall–Kier alpha value is -1.10. The zero-order valence-electron chi connectivity index (χ0n) is 9.65. The number of nitrogens with one attached hydrogen (secondary N) is 1. The normalized spacial score (nSPS) is 11.2. The van der Waals surface area contributed by atoms with Crippen molar-refractivity contribution in [2.45, 2.75) is 13.1 Å². The van der Waals surface area contributed by atoms with Gasteiger partial charge in [-0.05, 0) is 34.1 Å². The molecule has 1 aromatic carbocycles. The molecule has 0 bridgehead atoms. The van der Waals surface area contributed by atoms with Gasteiger partial charge in [-0.15, -0.1) is 11.3 Å². The molecule has 2 nitrogen and oxygen atoms in total. The first-order chi connectivity index (χ1) is 8.83. The van der Waals surface area contributed by atoms with E-state index in [9.17, 15) is 0 Å². The molecule has 0 aliphatic rings. The molecule has 0 amide bonds. The number of thiophene rings is 1. The van der Waals surface area contributed by atoms with Crippen molar-refractivity contribution in [1.29, 1.82) is 0 Å². The topological polar surface area (TPSA) is 25.2 Å². The third-order valence-corrected chi connectivity index (χ3v) is 4.43. The van der Waals surface area contributed by atoms with Crippen LogP contribution in [-0.4, -0.2) is 0 Å². The van der Waals surface area contributed by atoms with Gasteiger partial charge in [0.1, 0.15) is 5.58 Å². The molecule has 0 spiro atoms. The summed E-state index contributed by atoms with van der Waals surface area (Å²) < 4.78 is 6.69. The molecule has 0 unspecified atom stereocenters. The van der Waals surface area contributed by atoms with Crippen LogP contribution in [0.4, 0.5) is 0 Å². The van der Waals surface area contributed by atoms with Gasteiger partial charge in [0, 0.05) is 28.9 Å². The van der Waals surface area contributed by atoms with Gasteiger partial charge in [-0.3, -0.25) is 0 Å². The van der Waals surface area contributed by atoms with E-state index in [0.717, 1.165) is 18.7 Å². The van der Waals surface area contributed by atoms with Crippen molar-refractivity contribution in [1.82, 2.24) is 5.32 Å². The van der Waals surface area contributed by atoms with Crippen LogP contribution in [0.25, 0.3) is 11.0 Å². The van der Waals surface area contributed by atoms with Gasteiger partial charge in [0.2, 0.25) is 0 Å². The van der Waals surface area contributed by atoms with Gasteiger partial charge in [-0.2, -0.15) is 0 Å². The number of furan rings is 1. The van der Waals surface area contributed by atoms with E-state index in [2.05, 4.69) is 39.4 Å². The highest BCUT2D eigenvalue weighted by molar-refractivity contribution is 9.11. The Morgan fingerprint density at radius 2 is 2.00 bits per heavy atom. The van der Waals surface area contributed by atoms with Gasteiger partial charge in [0.25, 0.3) is 0 Å². The lowest BCUT2D eigenvalue weighted by molar-refractivity contribution is 0.602. The average molecular weight is 322 g/mol. The van der Waals surface area contributed by atoms with E-state index in [1.165, 1.54) is 19.6 Å². The van der Waals surface area contributed by atoms with Crippen LogP contribution in [0, 0.1) is 0 Å². The molecule has 0 aliphatic heterocycles. The second-order valence-corrected chi connectivity index (χ2v) is 6.61. The molecule has 3 rings (SSSR count). The average Bonchev–Trinajstić information content (AvgIpc) is 2.97. The van der Waals surface area contributed by atoms with Crippen LogP contribution < -0.4 is 5.32 Å². The summed E-state index contributed by atoms with van der Waals surface area (Å²) in [5.74, 6) is 0. The fourth-order valence-electron chi connectivity index (χ4n) is 1.94. The Bertz CT molecular complexity index is 658. The summed E-state index contributed by atoms with van der Waals surface area (Å²) in [4.78, 5) is 1.33. The van der Waals surface area contributed by atoms with Crippen LogP contribution >= 0.6 is 27.3 Å². The van der Waals surface area contributed by atoms with Crippen molar-refractivity contribution < 1.29 is 4.42 Å². The number of benzene rings is 1. The van der Waals surface area contributed by atoms with Crippen LogP contribution in [0.3, 0.4) is 0 Å². The van der Waals surface area contributed by atoms with E-state index < -0.39 is 0 Å². The van der Waals surface area contributed by atoms with E-state index in [0.29, 0.717) is 0 Å². The highest BCUT2D eigenvalue weighted by Gasteiger charge is 2.04. The molecule has 0 saturated heterocycles. The zero-order chi connectivity index (χ0) is 12.4. The monoisotopic (exact) mass is 321 g/mol.